The molecule has 0 fully saturated rings. The molecule has 2 aromatic carbocycles. The number of anilines is 1. The summed E-state index contributed by atoms with van der Waals surface area (Å²) in [6.45, 7) is 8.91. The molecule has 2 heterocycles. The lowest BCUT2D eigenvalue weighted by atomic mass is 10.1. The van der Waals surface area contributed by atoms with Gasteiger partial charge in [0, 0.05) is 17.6 Å². The molecular formula is C27H27N3O4S. The number of sulfone groups is 1. The lowest BCUT2D eigenvalue weighted by molar-refractivity contribution is -0.116. The second kappa shape index (κ2) is 9.11. The maximum absolute atomic E-state index is 13.6. The fourth-order valence-electron chi connectivity index (χ4n) is 4.06. The highest BCUT2D eigenvalue weighted by Gasteiger charge is 2.26. The van der Waals surface area contributed by atoms with Crippen LogP contribution in [0.2, 0.25) is 0 Å². The van der Waals surface area contributed by atoms with Crippen molar-refractivity contribution in [3.63, 3.8) is 0 Å². The van der Waals surface area contributed by atoms with E-state index in [0.29, 0.717) is 16.9 Å². The van der Waals surface area contributed by atoms with Gasteiger partial charge in [-0.25, -0.2) is 13.4 Å². The second-order valence-corrected chi connectivity index (χ2v) is 10.8. The number of carbonyl (C=O) groups is 1. The summed E-state index contributed by atoms with van der Waals surface area (Å²) < 4.78 is 28.7. The van der Waals surface area contributed by atoms with Crippen LogP contribution >= 0.6 is 0 Å². The molecule has 0 atom stereocenters. The summed E-state index contributed by atoms with van der Waals surface area (Å²) in [4.78, 5) is 30.4. The van der Waals surface area contributed by atoms with Crippen molar-refractivity contribution in [2.45, 2.75) is 51.0 Å². The molecule has 8 heteroatoms. The van der Waals surface area contributed by atoms with Crippen LogP contribution in [-0.2, 0) is 21.2 Å². The van der Waals surface area contributed by atoms with Gasteiger partial charge in [0.15, 0.2) is 0 Å². The smallest absolute Gasteiger partial charge is 0.244 e. The van der Waals surface area contributed by atoms with E-state index in [-0.39, 0.29) is 33.3 Å². The molecule has 0 bridgehead atoms. The fraction of sp³-hybridized carbons (Fsp3) is 0.222. The van der Waals surface area contributed by atoms with Gasteiger partial charge in [-0.15, -0.1) is 0 Å². The molecule has 0 radical (unpaired) electrons. The minimum absolute atomic E-state index is 0.0697. The molecule has 0 saturated carbocycles. The Bertz CT molecular complexity index is 1650. The van der Waals surface area contributed by atoms with Gasteiger partial charge in [0.1, 0.15) is 17.1 Å². The summed E-state index contributed by atoms with van der Waals surface area (Å²) in [7, 11) is -4.15. The van der Waals surface area contributed by atoms with Crippen molar-refractivity contribution in [1.29, 1.82) is 0 Å². The number of nitrogens with zero attached hydrogens (tertiary/aromatic N) is 2. The lowest BCUT2D eigenvalue weighted by Gasteiger charge is -2.15. The zero-order chi connectivity index (χ0) is 25.5. The van der Waals surface area contributed by atoms with Crippen LogP contribution in [0.3, 0.4) is 0 Å². The molecule has 180 valence electrons. The Morgan fingerprint density at radius 1 is 0.886 bits per heavy atom. The number of carbonyl (C=O) groups excluding carboxylic acids is 1. The zero-order valence-corrected chi connectivity index (χ0v) is 21.2. The third-order valence-corrected chi connectivity index (χ3v) is 7.81. The van der Waals surface area contributed by atoms with Crippen molar-refractivity contribution in [3.05, 3.63) is 92.9 Å². The van der Waals surface area contributed by atoms with Gasteiger partial charge < -0.3 is 9.88 Å². The quantitative estimate of drug-likeness (QED) is 0.448. The number of benzene rings is 2. The summed E-state index contributed by atoms with van der Waals surface area (Å²) >= 11 is 0. The highest BCUT2D eigenvalue weighted by atomic mass is 32.2. The Kier molecular flexibility index (Phi) is 6.34. The summed E-state index contributed by atoms with van der Waals surface area (Å²) in [5.74, 6) is -0.361. The molecule has 0 unspecified atom stereocenters. The first kappa shape index (κ1) is 24.3. The van der Waals surface area contributed by atoms with Gasteiger partial charge in [-0.2, -0.15) is 0 Å². The third kappa shape index (κ3) is 4.74. The molecule has 0 saturated heterocycles. The highest BCUT2D eigenvalue weighted by molar-refractivity contribution is 7.91. The molecule has 35 heavy (non-hydrogen) atoms. The molecule has 1 N–H and O–H groups in total. The molecule has 7 nitrogen and oxygen atoms in total. The number of fused-ring (bicyclic) bond motifs is 1. The number of aryl methyl sites for hydroxylation is 5. The average Bonchev–Trinajstić information content (AvgIpc) is 2.79. The molecule has 2 aromatic heterocycles. The van der Waals surface area contributed by atoms with Crippen LogP contribution in [0.5, 0.6) is 0 Å². The molecule has 0 aliphatic heterocycles. The largest absolute Gasteiger partial charge is 0.324 e. The first-order valence-electron chi connectivity index (χ1n) is 11.2. The maximum Gasteiger partial charge on any atom is 0.244 e. The van der Waals surface area contributed by atoms with Crippen LogP contribution < -0.4 is 10.7 Å². The summed E-state index contributed by atoms with van der Waals surface area (Å²) in [6, 6.07) is 14.0. The monoisotopic (exact) mass is 489 g/mol. The number of nitrogens with one attached hydrogen (secondary N) is 1. The highest BCUT2D eigenvalue weighted by Crippen LogP contribution is 2.25. The van der Waals surface area contributed by atoms with E-state index in [1.54, 1.807) is 45.0 Å². The SMILES string of the molecule is Cc1ccc(NC(=O)Cn2cc(S(=O)(=O)c3cc(C)ccc3C)c(=O)c3ccc(C)nc32)c(C)c1. The van der Waals surface area contributed by atoms with Crippen molar-refractivity contribution in [1.82, 2.24) is 9.55 Å². The molecule has 4 rings (SSSR count). The van der Waals surface area contributed by atoms with Gasteiger partial charge in [-0.1, -0.05) is 29.8 Å². The maximum atomic E-state index is 13.6. The van der Waals surface area contributed by atoms with Gasteiger partial charge >= 0.3 is 0 Å². The van der Waals surface area contributed by atoms with Crippen molar-refractivity contribution in [2.24, 2.45) is 0 Å². The lowest BCUT2D eigenvalue weighted by Crippen LogP contribution is -2.25. The Morgan fingerprint density at radius 3 is 2.29 bits per heavy atom. The molecule has 0 aliphatic carbocycles. The van der Waals surface area contributed by atoms with E-state index in [1.807, 2.05) is 38.1 Å². The standard InChI is InChI=1S/C27H27N3O4S/c1-16-7-11-22(19(4)12-16)29-25(31)15-30-14-24(26(32)21-10-9-20(5)28-27(21)30)35(33,34)23-13-17(2)6-8-18(23)3/h6-14H,15H2,1-5H3,(H,29,31). The number of amides is 1. The van der Waals surface area contributed by atoms with Crippen LogP contribution in [0.15, 0.2) is 69.3 Å². The van der Waals surface area contributed by atoms with Crippen molar-refractivity contribution in [2.75, 3.05) is 5.32 Å². The van der Waals surface area contributed by atoms with E-state index in [9.17, 15) is 18.0 Å². The molecule has 0 spiro atoms. The fourth-order valence-corrected chi connectivity index (χ4v) is 5.75. The first-order chi connectivity index (χ1) is 16.5. The van der Waals surface area contributed by atoms with Crippen molar-refractivity contribution in [3.8, 4) is 0 Å². The van der Waals surface area contributed by atoms with E-state index in [0.717, 1.165) is 16.7 Å². The number of hydrogen-bond acceptors (Lipinski definition) is 5. The predicted octanol–water partition coefficient (Wildman–Crippen LogP) is 4.41. The topological polar surface area (TPSA) is 98.1 Å². The second-order valence-electron chi connectivity index (χ2n) is 8.91. The van der Waals surface area contributed by atoms with Crippen LogP contribution in [0.25, 0.3) is 11.0 Å². The van der Waals surface area contributed by atoms with Gasteiger partial charge in [0.25, 0.3) is 0 Å². The van der Waals surface area contributed by atoms with E-state index < -0.39 is 15.3 Å². The number of pyridine rings is 2. The van der Waals surface area contributed by atoms with Crippen molar-refractivity contribution < 1.29 is 13.2 Å². The minimum Gasteiger partial charge on any atom is -0.324 e. The average molecular weight is 490 g/mol. The van der Waals surface area contributed by atoms with E-state index in [1.165, 1.54) is 10.8 Å². The van der Waals surface area contributed by atoms with Crippen LogP contribution in [-0.4, -0.2) is 23.9 Å². The normalized spacial score (nSPS) is 11.6. The number of aromatic nitrogens is 2. The first-order valence-corrected chi connectivity index (χ1v) is 12.7. The van der Waals surface area contributed by atoms with E-state index in [2.05, 4.69) is 10.3 Å². The molecule has 0 aliphatic rings. The molecular weight excluding hydrogens is 462 g/mol. The Balaban J connectivity index is 1.85. The zero-order valence-electron chi connectivity index (χ0n) is 20.3. The Labute approximate surface area is 204 Å². The van der Waals surface area contributed by atoms with Crippen LogP contribution in [0.4, 0.5) is 5.69 Å². The summed E-state index contributed by atoms with van der Waals surface area (Å²) in [6.07, 6.45) is 1.23. The van der Waals surface area contributed by atoms with Crippen LogP contribution in [0, 0.1) is 34.6 Å². The number of rotatable bonds is 5. The van der Waals surface area contributed by atoms with Crippen LogP contribution in [0.1, 0.15) is 27.9 Å². The summed E-state index contributed by atoms with van der Waals surface area (Å²) in [5.41, 5.74) is 4.22. The molecule has 1 amide bonds. The Hall–Kier alpha value is -3.78. The third-order valence-electron chi connectivity index (χ3n) is 5.92. The predicted molar refractivity (Wildman–Crippen MR) is 137 cm³/mol. The van der Waals surface area contributed by atoms with Gasteiger partial charge in [-0.05, 0) is 75.6 Å². The van der Waals surface area contributed by atoms with Crippen molar-refractivity contribution >= 4 is 32.5 Å². The number of hydrogen-bond donors (Lipinski definition) is 1. The van der Waals surface area contributed by atoms with Gasteiger partial charge in [0.2, 0.25) is 21.2 Å². The summed E-state index contributed by atoms with van der Waals surface area (Å²) in [5, 5.41) is 3.01. The minimum atomic E-state index is -4.15. The van der Waals surface area contributed by atoms with Gasteiger partial charge in [-0.3, -0.25) is 9.59 Å². The van der Waals surface area contributed by atoms with Gasteiger partial charge in [0.05, 0.1) is 10.3 Å². The molecule has 4 aromatic rings. The Morgan fingerprint density at radius 2 is 1.57 bits per heavy atom. The van der Waals surface area contributed by atoms with E-state index in [4.69, 9.17) is 0 Å². The van der Waals surface area contributed by atoms with E-state index >= 15 is 0 Å².